The number of hydrogen-bond acceptors (Lipinski definition) is 0. The van der Waals surface area contributed by atoms with E-state index in [-0.39, 0.29) is 0 Å². The maximum atomic E-state index is 5.79. The van der Waals surface area contributed by atoms with E-state index in [0.717, 1.165) is 21.2 Å². The predicted molar refractivity (Wildman–Crippen MR) is 41.5 cm³/mol. The van der Waals surface area contributed by atoms with Crippen molar-refractivity contribution in [1.29, 1.82) is 0 Å². The van der Waals surface area contributed by atoms with Crippen molar-refractivity contribution in [2.75, 3.05) is 0 Å². The van der Waals surface area contributed by atoms with Crippen LogP contribution in [0.15, 0.2) is 33.9 Å². The average Bonchev–Trinajstić information content (AvgIpc) is 1.93. The maximum absolute atomic E-state index is 5.79. The first-order chi connectivity index (χ1) is 4.63. The summed E-state index contributed by atoms with van der Waals surface area (Å²) in [5, 5.41) is 1.49. The second-order valence-corrected chi connectivity index (χ2v) is 2.98. The molecule has 0 aromatic heterocycles. The topological polar surface area (TPSA) is 0 Å². The third-order valence-corrected chi connectivity index (χ3v) is 2.40. The molecular weight excluding hydrogens is 167 g/mol. The van der Waals surface area contributed by atoms with Gasteiger partial charge in [-0.3, -0.25) is 0 Å². The van der Waals surface area contributed by atoms with Gasteiger partial charge < -0.3 is 0 Å². The van der Waals surface area contributed by atoms with E-state index in [1.165, 1.54) is 0 Å². The van der Waals surface area contributed by atoms with E-state index in [1.54, 1.807) is 0 Å². The van der Waals surface area contributed by atoms with E-state index in [0.29, 0.717) is 0 Å². The predicted octanol–water partition coefficient (Wildman–Crippen LogP) is 2.44. The molecule has 0 saturated carbocycles. The molecule has 0 radical (unpaired) electrons. The van der Waals surface area contributed by atoms with Crippen molar-refractivity contribution >= 4 is 11.6 Å². The summed E-state index contributed by atoms with van der Waals surface area (Å²) in [6.07, 6.45) is 3.65. The summed E-state index contributed by atoms with van der Waals surface area (Å²) in [7, 11) is 0. The lowest BCUT2D eigenvalue weighted by molar-refractivity contribution is -0.298. The van der Waals surface area contributed by atoms with Crippen LogP contribution in [0.5, 0.6) is 0 Å². The van der Waals surface area contributed by atoms with E-state index in [1.807, 2.05) is 19.4 Å². The fourth-order valence-corrected chi connectivity index (χ4v) is 1.12. The SMILES string of the molecule is C=C1[CH+]C=C(Cl)C(C)=C1[ClH+]. The quantitative estimate of drug-likeness (QED) is 0.496. The van der Waals surface area contributed by atoms with Crippen LogP contribution in [0.1, 0.15) is 6.92 Å². The van der Waals surface area contributed by atoms with Gasteiger partial charge in [0, 0.05) is 12.5 Å². The Morgan fingerprint density at radius 1 is 1.70 bits per heavy atom. The third kappa shape index (κ3) is 1.23. The largest absolute Gasteiger partial charge is 0.322 e. The van der Waals surface area contributed by atoms with Crippen LogP contribution in [-0.4, -0.2) is 0 Å². The third-order valence-electron chi connectivity index (χ3n) is 1.42. The van der Waals surface area contributed by atoms with Crippen molar-refractivity contribution in [3.8, 4) is 0 Å². The van der Waals surface area contributed by atoms with Crippen LogP contribution in [0.25, 0.3) is 0 Å². The normalized spacial score (nSPS) is 18.7. The van der Waals surface area contributed by atoms with E-state index < -0.39 is 0 Å². The molecule has 0 atom stereocenters. The first-order valence-corrected chi connectivity index (χ1v) is 3.69. The van der Waals surface area contributed by atoms with Crippen molar-refractivity contribution in [3.63, 3.8) is 0 Å². The van der Waals surface area contributed by atoms with Crippen molar-refractivity contribution in [1.82, 2.24) is 0 Å². The van der Waals surface area contributed by atoms with Crippen LogP contribution in [0.3, 0.4) is 0 Å². The van der Waals surface area contributed by atoms with Crippen molar-refractivity contribution in [3.05, 3.63) is 40.3 Å². The fraction of sp³-hybridized carbons (Fsp3) is 0.125. The zero-order chi connectivity index (χ0) is 7.72. The summed E-state index contributed by atoms with van der Waals surface area (Å²) < 4.78 is 0. The van der Waals surface area contributed by atoms with Gasteiger partial charge in [0.05, 0.1) is 0 Å². The highest BCUT2D eigenvalue weighted by molar-refractivity contribution is 6.32. The minimum absolute atomic E-state index is 0.720. The van der Waals surface area contributed by atoms with E-state index in [9.17, 15) is 0 Å². The highest BCUT2D eigenvalue weighted by Gasteiger charge is 2.26. The summed E-state index contributed by atoms with van der Waals surface area (Å²) in [5.74, 6) is 0. The summed E-state index contributed by atoms with van der Waals surface area (Å²) in [5.41, 5.74) is 1.82. The van der Waals surface area contributed by atoms with Crippen molar-refractivity contribution < 1.29 is 11.6 Å². The Labute approximate surface area is 70.8 Å². The minimum atomic E-state index is 0.720. The van der Waals surface area contributed by atoms with Crippen molar-refractivity contribution in [2.45, 2.75) is 6.92 Å². The Kier molecular flexibility index (Phi) is 2.12. The molecule has 0 N–H and O–H groups in total. The lowest BCUT2D eigenvalue weighted by Crippen LogP contribution is -1.95. The molecule has 0 unspecified atom stereocenters. The van der Waals surface area contributed by atoms with Gasteiger partial charge in [-0.1, -0.05) is 0 Å². The Balaban J connectivity index is 3.06. The van der Waals surface area contributed by atoms with Gasteiger partial charge in [-0.2, -0.15) is 0 Å². The van der Waals surface area contributed by atoms with Gasteiger partial charge in [0.25, 0.3) is 0 Å². The molecule has 0 fully saturated rings. The van der Waals surface area contributed by atoms with E-state index >= 15 is 0 Å². The molecule has 1 rings (SSSR count). The molecule has 0 aromatic carbocycles. The zero-order valence-corrected chi connectivity index (χ0v) is 7.22. The van der Waals surface area contributed by atoms with Crippen LogP contribution in [0.2, 0.25) is 0 Å². The van der Waals surface area contributed by atoms with Crippen LogP contribution >= 0.6 is 11.6 Å². The molecule has 0 amide bonds. The summed E-state index contributed by atoms with van der Waals surface area (Å²) in [6.45, 7) is 5.66. The Morgan fingerprint density at radius 2 is 2.30 bits per heavy atom. The fourth-order valence-electron chi connectivity index (χ4n) is 0.724. The molecule has 52 valence electrons. The molecule has 0 aliphatic heterocycles. The van der Waals surface area contributed by atoms with Gasteiger partial charge in [-0.25, -0.2) is 0 Å². The number of hydrogen-bond donors (Lipinski definition) is 0. The Morgan fingerprint density at radius 3 is 2.80 bits per heavy atom. The second kappa shape index (κ2) is 2.73. The molecule has 0 aromatic rings. The van der Waals surface area contributed by atoms with Crippen LogP contribution in [0, 0.1) is 18.0 Å². The second-order valence-electron chi connectivity index (χ2n) is 2.16. The Bertz CT molecular complexity index is 230. The minimum Gasteiger partial charge on any atom is -0.0201 e. The van der Waals surface area contributed by atoms with Crippen LogP contribution in [-0.2, 0) is 0 Å². The summed E-state index contributed by atoms with van der Waals surface area (Å²) in [6, 6.07) is 0. The van der Waals surface area contributed by atoms with Crippen LogP contribution in [0.4, 0.5) is 0 Å². The van der Waals surface area contributed by atoms with Gasteiger partial charge >= 0.3 is 5.03 Å². The molecule has 10 heavy (non-hydrogen) atoms. The molecule has 1 aliphatic rings. The molecule has 0 heterocycles. The highest BCUT2D eigenvalue weighted by atomic mass is 35.5. The van der Waals surface area contributed by atoms with E-state index in [4.69, 9.17) is 23.2 Å². The highest BCUT2D eigenvalue weighted by Crippen LogP contribution is 2.28. The molecule has 0 saturated heterocycles. The first-order valence-electron chi connectivity index (χ1n) is 2.91. The number of allylic oxidation sites excluding steroid dienone is 5. The maximum Gasteiger partial charge on any atom is 0.322 e. The summed E-state index contributed by atoms with van der Waals surface area (Å²) >= 11 is 10.8. The number of halogens is 2. The average molecular weight is 175 g/mol. The summed E-state index contributed by atoms with van der Waals surface area (Å²) in [4.78, 5) is 0. The lowest BCUT2D eigenvalue weighted by atomic mass is 10.0. The first kappa shape index (κ1) is 7.77. The molecule has 0 nitrogen and oxygen atoms in total. The molecule has 1 aliphatic carbocycles. The standard InChI is InChI=1S/C8H8Cl2/c1-5-3-4-7(9)6(2)8(5)10/h3-4,10H,1H2,2H3/q+2. The monoisotopic (exact) mass is 174 g/mol. The van der Waals surface area contributed by atoms with Gasteiger partial charge in [0.2, 0.25) is 11.6 Å². The molecule has 2 heteroatoms. The van der Waals surface area contributed by atoms with Gasteiger partial charge in [-0.05, 0) is 25.1 Å². The van der Waals surface area contributed by atoms with Gasteiger partial charge in [0.1, 0.15) is 10.6 Å². The smallest absolute Gasteiger partial charge is 0.0201 e. The van der Waals surface area contributed by atoms with E-state index in [2.05, 4.69) is 6.58 Å². The molecule has 0 spiro atoms. The molecular formula is C8H8Cl2+2. The molecule has 0 bridgehead atoms. The van der Waals surface area contributed by atoms with Gasteiger partial charge in [-0.15, -0.1) is 0 Å². The number of rotatable bonds is 0. The Hall–Kier alpha value is -0.330. The lowest BCUT2D eigenvalue weighted by Gasteiger charge is -1.97. The van der Waals surface area contributed by atoms with Crippen molar-refractivity contribution in [2.24, 2.45) is 0 Å². The van der Waals surface area contributed by atoms with Gasteiger partial charge in [0.15, 0.2) is 5.57 Å². The zero-order valence-electron chi connectivity index (χ0n) is 5.65. The van der Waals surface area contributed by atoms with Crippen LogP contribution < -0.4 is 0 Å².